The summed E-state index contributed by atoms with van der Waals surface area (Å²) in [5.41, 5.74) is 2.39. The van der Waals surface area contributed by atoms with E-state index >= 15 is 0 Å². The van der Waals surface area contributed by atoms with E-state index in [0.29, 0.717) is 23.5 Å². The number of nitriles is 1. The minimum absolute atomic E-state index is 0.0237. The van der Waals surface area contributed by atoms with Gasteiger partial charge in [0, 0.05) is 16.7 Å². The molecule has 0 atom stereocenters. The van der Waals surface area contributed by atoms with Gasteiger partial charge in [-0.15, -0.1) is 0 Å². The molecular formula is C26H22BrN3O3. The lowest BCUT2D eigenvalue weighted by Gasteiger charge is -2.08. The van der Waals surface area contributed by atoms with Crippen LogP contribution >= 0.6 is 15.9 Å². The van der Waals surface area contributed by atoms with Gasteiger partial charge in [-0.2, -0.15) is 5.26 Å². The molecule has 0 fully saturated rings. The third-order valence-electron chi connectivity index (χ3n) is 4.61. The van der Waals surface area contributed by atoms with Crippen molar-refractivity contribution >= 4 is 39.5 Å². The van der Waals surface area contributed by atoms with Crippen LogP contribution in [0.3, 0.4) is 0 Å². The van der Waals surface area contributed by atoms with Crippen molar-refractivity contribution < 1.29 is 14.3 Å². The summed E-state index contributed by atoms with van der Waals surface area (Å²) < 4.78 is 6.40. The second-order valence-corrected chi connectivity index (χ2v) is 7.99. The first-order chi connectivity index (χ1) is 16.0. The number of ether oxygens (including phenoxy) is 1. The largest absolute Gasteiger partial charge is 0.484 e. The molecule has 6 nitrogen and oxygen atoms in total. The smallest absolute Gasteiger partial charge is 0.266 e. The normalized spacial score (nSPS) is 10.7. The van der Waals surface area contributed by atoms with Crippen molar-refractivity contribution in [3.05, 3.63) is 100 Å². The Morgan fingerprint density at radius 1 is 0.970 bits per heavy atom. The van der Waals surface area contributed by atoms with Crippen molar-refractivity contribution in [2.24, 2.45) is 0 Å². The van der Waals surface area contributed by atoms with Gasteiger partial charge in [0.2, 0.25) is 0 Å². The second-order valence-electron chi connectivity index (χ2n) is 7.07. The van der Waals surface area contributed by atoms with Gasteiger partial charge >= 0.3 is 0 Å². The number of benzene rings is 3. The van der Waals surface area contributed by atoms with Crippen molar-refractivity contribution in [1.82, 2.24) is 5.32 Å². The number of hydrogen-bond acceptors (Lipinski definition) is 4. The van der Waals surface area contributed by atoms with Crippen LogP contribution in [0.15, 0.2) is 88.9 Å². The number of halogens is 1. The van der Waals surface area contributed by atoms with E-state index in [4.69, 9.17) is 4.74 Å². The molecule has 0 unspecified atom stereocenters. The summed E-state index contributed by atoms with van der Waals surface area (Å²) in [6.07, 6.45) is 2.25. The quantitative estimate of drug-likeness (QED) is 0.326. The summed E-state index contributed by atoms with van der Waals surface area (Å²) in [7, 11) is 0. The van der Waals surface area contributed by atoms with Gasteiger partial charge in [0.1, 0.15) is 17.4 Å². The first-order valence-corrected chi connectivity index (χ1v) is 11.0. The number of nitrogens with zero attached hydrogens (tertiary/aromatic N) is 1. The van der Waals surface area contributed by atoms with Crippen LogP contribution in [0.2, 0.25) is 0 Å². The zero-order valence-electron chi connectivity index (χ0n) is 17.8. The first kappa shape index (κ1) is 23.8. The van der Waals surface area contributed by atoms with Gasteiger partial charge in [0.15, 0.2) is 6.61 Å². The van der Waals surface area contributed by atoms with Gasteiger partial charge < -0.3 is 15.4 Å². The maximum atomic E-state index is 12.4. The van der Waals surface area contributed by atoms with Crippen molar-refractivity contribution in [2.75, 3.05) is 18.5 Å². The molecule has 0 aliphatic rings. The van der Waals surface area contributed by atoms with Crippen LogP contribution in [0.1, 0.15) is 11.1 Å². The fraction of sp³-hybridized carbons (Fsp3) is 0.115. The van der Waals surface area contributed by atoms with Crippen LogP contribution in [0, 0.1) is 11.3 Å². The van der Waals surface area contributed by atoms with E-state index in [1.807, 2.05) is 36.4 Å². The average molecular weight is 504 g/mol. The highest BCUT2D eigenvalue weighted by Crippen LogP contribution is 2.17. The Kier molecular flexibility index (Phi) is 8.80. The first-order valence-electron chi connectivity index (χ1n) is 10.3. The molecule has 3 rings (SSSR count). The lowest BCUT2D eigenvalue weighted by atomic mass is 10.1. The Bertz CT molecular complexity index is 1150. The maximum absolute atomic E-state index is 12.4. The van der Waals surface area contributed by atoms with Crippen LogP contribution < -0.4 is 15.4 Å². The fourth-order valence-corrected chi connectivity index (χ4v) is 3.16. The third-order valence-corrected chi connectivity index (χ3v) is 5.14. The number of amides is 2. The second kappa shape index (κ2) is 12.2. The molecule has 3 aromatic rings. The molecule has 0 saturated carbocycles. The zero-order valence-corrected chi connectivity index (χ0v) is 19.3. The summed E-state index contributed by atoms with van der Waals surface area (Å²) in [5, 5.41) is 14.9. The lowest BCUT2D eigenvalue weighted by molar-refractivity contribution is -0.123. The van der Waals surface area contributed by atoms with Gasteiger partial charge in [-0.1, -0.05) is 58.4 Å². The van der Waals surface area contributed by atoms with E-state index in [1.54, 1.807) is 48.5 Å². The molecule has 0 aromatic heterocycles. The van der Waals surface area contributed by atoms with E-state index < -0.39 is 5.91 Å². The standard InChI is InChI=1S/C26H22BrN3O3/c27-22-8-10-23(11-9-22)30-26(32)21(17-28)16-20-6-12-24(13-7-20)33-18-25(31)29-15-14-19-4-2-1-3-5-19/h1-13,16H,14-15,18H2,(H,29,31)(H,30,32)/b21-16+. The van der Waals surface area contributed by atoms with E-state index in [9.17, 15) is 14.9 Å². The maximum Gasteiger partial charge on any atom is 0.266 e. The van der Waals surface area contributed by atoms with Crippen LogP contribution in [-0.4, -0.2) is 25.0 Å². The Balaban J connectivity index is 1.48. The number of carbonyl (C=O) groups is 2. The number of anilines is 1. The number of carbonyl (C=O) groups excluding carboxylic acids is 2. The molecule has 166 valence electrons. The predicted octanol–water partition coefficient (Wildman–Crippen LogP) is 4.73. The van der Waals surface area contributed by atoms with E-state index in [0.717, 1.165) is 16.5 Å². The molecule has 0 aliphatic carbocycles. The summed E-state index contributed by atoms with van der Waals surface area (Å²) in [5.74, 6) is -0.179. The Hall–Kier alpha value is -3.89. The molecule has 0 spiro atoms. The fourth-order valence-electron chi connectivity index (χ4n) is 2.90. The number of nitrogens with one attached hydrogen (secondary N) is 2. The highest BCUT2D eigenvalue weighted by atomic mass is 79.9. The van der Waals surface area contributed by atoms with Crippen LogP contribution in [0.5, 0.6) is 5.75 Å². The number of hydrogen-bond donors (Lipinski definition) is 2. The zero-order chi connectivity index (χ0) is 23.5. The van der Waals surface area contributed by atoms with Gasteiger partial charge in [-0.25, -0.2) is 0 Å². The monoisotopic (exact) mass is 503 g/mol. The highest BCUT2D eigenvalue weighted by Gasteiger charge is 2.10. The predicted molar refractivity (Wildman–Crippen MR) is 131 cm³/mol. The molecule has 0 bridgehead atoms. The topological polar surface area (TPSA) is 91.2 Å². The molecule has 0 aliphatic heterocycles. The minimum atomic E-state index is -0.493. The van der Waals surface area contributed by atoms with E-state index in [1.165, 1.54) is 6.08 Å². The van der Waals surface area contributed by atoms with Crippen molar-refractivity contribution in [1.29, 1.82) is 5.26 Å². The summed E-state index contributed by atoms with van der Waals surface area (Å²) in [6, 6.07) is 25.7. The van der Waals surface area contributed by atoms with Crippen molar-refractivity contribution in [3.8, 4) is 11.8 Å². The molecule has 2 amide bonds. The molecule has 0 saturated heterocycles. The Morgan fingerprint density at radius 3 is 2.33 bits per heavy atom. The average Bonchev–Trinajstić information content (AvgIpc) is 2.84. The van der Waals surface area contributed by atoms with Crippen LogP contribution in [0.25, 0.3) is 6.08 Å². The van der Waals surface area contributed by atoms with Crippen molar-refractivity contribution in [3.63, 3.8) is 0 Å². The van der Waals surface area contributed by atoms with E-state index in [2.05, 4.69) is 26.6 Å². The Labute approximate surface area is 201 Å². The summed E-state index contributed by atoms with van der Waals surface area (Å²) >= 11 is 3.33. The Morgan fingerprint density at radius 2 is 1.67 bits per heavy atom. The van der Waals surface area contributed by atoms with Gasteiger partial charge in [0.25, 0.3) is 11.8 Å². The highest BCUT2D eigenvalue weighted by molar-refractivity contribution is 9.10. The molecule has 2 N–H and O–H groups in total. The number of rotatable bonds is 9. The van der Waals surface area contributed by atoms with Gasteiger partial charge in [0.05, 0.1) is 0 Å². The molecule has 0 radical (unpaired) electrons. The molecule has 7 heteroatoms. The molecule has 0 heterocycles. The van der Waals surface area contributed by atoms with Gasteiger partial charge in [-0.3, -0.25) is 9.59 Å². The van der Waals surface area contributed by atoms with Crippen LogP contribution in [0.4, 0.5) is 5.69 Å². The van der Waals surface area contributed by atoms with Crippen LogP contribution in [-0.2, 0) is 16.0 Å². The SMILES string of the molecule is N#C/C(=C\c1ccc(OCC(=O)NCCc2ccccc2)cc1)C(=O)Nc1ccc(Br)cc1. The molecular weight excluding hydrogens is 482 g/mol. The third kappa shape index (κ3) is 7.95. The van der Waals surface area contributed by atoms with Crippen molar-refractivity contribution in [2.45, 2.75) is 6.42 Å². The van der Waals surface area contributed by atoms with Gasteiger partial charge in [-0.05, 0) is 60.0 Å². The molecule has 33 heavy (non-hydrogen) atoms. The van der Waals surface area contributed by atoms with E-state index in [-0.39, 0.29) is 18.1 Å². The summed E-state index contributed by atoms with van der Waals surface area (Å²) in [6.45, 7) is 0.443. The summed E-state index contributed by atoms with van der Waals surface area (Å²) in [4.78, 5) is 24.3. The lowest BCUT2D eigenvalue weighted by Crippen LogP contribution is -2.30. The molecule has 3 aromatic carbocycles. The minimum Gasteiger partial charge on any atom is -0.484 e.